The molecule has 4 heteroatoms. The molecule has 3 nitrogen and oxygen atoms in total. The molecule has 0 spiro atoms. The SMILES string of the molecule is COCC1CCN(CC(=O)c2ccc(F)cc2)C1. The molecular formula is C14H18FNO2. The summed E-state index contributed by atoms with van der Waals surface area (Å²) in [6.07, 6.45) is 1.07. The maximum atomic E-state index is 12.8. The number of ketones is 1. The highest BCUT2D eigenvalue weighted by Gasteiger charge is 2.24. The lowest BCUT2D eigenvalue weighted by Gasteiger charge is -2.14. The summed E-state index contributed by atoms with van der Waals surface area (Å²) in [6, 6.07) is 5.73. The molecule has 2 rings (SSSR count). The number of hydrogen-bond acceptors (Lipinski definition) is 3. The van der Waals surface area contributed by atoms with Gasteiger partial charge in [0.1, 0.15) is 5.82 Å². The van der Waals surface area contributed by atoms with Gasteiger partial charge in [0.15, 0.2) is 5.78 Å². The van der Waals surface area contributed by atoms with E-state index in [4.69, 9.17) is 4.74 Å². The molecule has 1 aromatic rings. The van der Waals surface area contributed by atoms with E-state index in [1.165, 1.54) is 12.1 Å². The standard InChI is InChI=1S/C14H18FNO2/c1-18-10-11-6-7-16(8-11)9-14(17)12-2-4-13(15)5-3-12/h2-5,11H,6-10H2,1H3. The first-order valence-corrected chi connectivity index (χ1v) is 6.19. The molecular weight excluding hydrogens is 233 g/mol. The molecule has 98 valence electrons. The van der Waals surface area contributed by atoms with Crippen molar-refractivity contribution in [2.24, 2.45) is 5.92 Å². The minimum Gasteiger partial charge on any atom is -0.384 e. The van der Waals surface area contributed by atoms with E-state index < -0.39 is 0 Å². The Bertz CT molecular complexity index is 405. The van der Waals surface area contributed by atoms with Crippen LogP contribution >= 0.6 is 0 Å². The fraction of sp³-hybridized carbons (Fsp3) is 0.500. The van der Waals surface area contributed by atoms with Crippen LogP contribution < -0.4 is 0 Å². The highest BCUT2D eigenvalue weighted by Crippen LogP contribution is 2.16. The van der Waals surface area contributed by atoms with E-state index in [1.54, 1.807) is 19.2 Å². The molecule has 0 aliphatic carbocycles. The van der Waals surface area contributed by atoms with Gasteiger partial charge in [-0.15, -0.1) is 0 Å². The van der Waals surface area contributed by atoms with Crippen LogP contribution in [0.5, 0.6) is 0 Å². The Morgan fingerprint density at radius 3 is 2.83 bits per heavy atom. The number of ether oxygens (including phenoxy) is 1. The normalized spacial score (nSPS) is 20.2. The average Bonchev–Trinajstić information content (AvgIpc) is 2.78. The summed E-state index contributed by atoms with van der Waals surface area (Å²) >= 11 is 0. The van der Waals surface area contributed by atoms with E-state index in [1.807, 2.05) is 0 Å². The van der Waals surface area contributed by atoms with Gasteiger partial charge in [0.05, 0.1) is 13.2 Å². The molecule has 1 heterocycles. The van der Waals surface area contributed by atoms with Crippen LogP contribution in [0.15, 0.2) is 24.3 Å². The van der Waals surface area contributed by atoms with Crippen molar-refractivity contribution in [1.29, 1.82) is 0 Å². The molecule has 1 aromatic carbocycles. The summed E-state index contributed by atoms with van der Waals surface area (Å²) in [5.74, 6) is 0.261. The lowest BCUT2D eigenvalue weighted by atomic mass is 10.1. The number of carbonyl (C=O) groups excluding carboxylic acids is 1. The van der Waals surface area contributed by atoms with Gasteiger partial charge in [0, 0.05) is 19.2 Å². The Labute approximate surface area is 107 Å². The molecule has 0 amide bonds. The van der Waals surface area contributed by atoms with Crippen molar-refractivity contribution >= 4 is 5.78 Å². The van der Waals surface area contributed by atoms with Crippen LogP contribution in [0.2, 0.25) is 0 Å². The molecule has 0 aromatic heterocycles. The van der Waals surface area contributed by atoms with Gasteiger partial charge in [-0.3, -0.25) is 9.69 Å². The number of Topliss-reactive ketones (excluding diaryl/α,β-unsaturated/α-hetero) is 1. The van der Waals surface area contributed by atoms with Crippen molar-refractivity contribution in [2.45, 2.75) is 6.42 Å². The first kappa shape index (κ1) is 13.2. The summed E-state index contributed by atoms with van der Waals surface area (Å²) in [5.41, 5.74) is 0.576. The van der Waals surface area contributed by atoms with Gasteiger partial charge in [-0.25, -0.2) is 4.39 Å². The van der Waals surface area contributed by atoms with Crippen molar-refractivity contribution in [3.05, 3.63) is 35.6 Å². The number of benzene rings is 1. The van der Waals surface area contributed by atoms with Gasteiger partial charge >= 0.3 is 0 Å². The Balaban J connectivity index is 1.87. The highest BCUT2D eigenvalue weighted by atomic mass is 19.1. The van der Waals surface area contributed by atoms with E-state index in [2.05, 4.69) is 4.90 Å². The van der Waals surface area contributed by atoms with Crippen molar-refractivity contribution in [3.8, 4) is 0 Å². The summed E-state index contributed by atoms with van der Waals surface area (Å²) in [6.45, 7) is 2.99. The van der Waals surface area contributed by atoms with Crippen LogP contribution in [0.3, 0.4) is 0 Å². The predicted octanol–water partition coefficient (Wildman–Crippen LogP) is 1.98. The third-order valence-electron chi connectivity index (χ3n) is 3.31. The van der Waals surface area contributed by atoms with Crippen LogP contribution in [-0.4, -0.2) is 44.0 Å². The summed E-state index contributed by atoms with van der Waals surface area (Å²) in [5, 5.41) is 0. The largest absolute Gasteiger partial charge is 0.384 e. The number of rotatable bonds is 5. The van der Waals surface area contributed by atoms with E-state index in [0.717, 1.165) is 26.1 Å². The highest BCUT2D eigenvalue weighted by molar-refractivity contribution is 5.97. The summed E-state index contributed by atoms with van der Waals surface area (Å²) in [7, 11) is 1.70. The van der Waals surface area contributed by atoms with Gasteiger partial charge in [0.25, 0.3) is 0 Å². The van der Waals surface area contributed by atoms with Crippen LogP contribution in [0.4, 0.5) is 4.39 Å². The monoisotopic (exact) mass is 251 g/mol. The minimum absolute atomic E-state index is 0.0491. The van der Waals surface area contributed by atoms with E-state index >= 15 is 0 Å². The second kappa shape index (κ2) is 6.07. The number of methoxy groups -OCH3 is 1. The number of halogens is 1. The third kappa shape index (κ3) is 3.37. The first-order chi connectivity index (χ1) is 8.69. The molecule has 1 saturated heterocycles. The van der Waals surface area contributed by atoms with Crippen molar-refractivity contribution in [2.75, 3.05) is 33.4 Å². The van der Waals surface area contributed by atoms with Crippen LogP contribution in [-0.2, 0) is 4.74 Å². The van der Waals surface area contributed by atoms with E-state index in [9.17, 15) is 9.18 Å². The lowest BCUT2D eigenvalue weighted by Crippen LogP contribution is -2.28. The Morgan fingerprint density at radius 2 is 2.17 bits per heavy atom. The molecule has 1 atom stereocenters. The van der Waals surface area contributed by atoms with Crippen LogP contribution in [0.25, 0.3) is 0 Å². The van der Waals surface area contributed by atoms with Crippen molar-refractivity contribution in [3.63, 3.8) is 0 Å². The maximum absolute atomic E-state index is 12.8. The molecule has 0 N–H and O–H groups in total. The number of nitrogens with zero attached hydrogens (tertiary/aromatic N) is 1. The molecule has 1 aliphatic rings. The Hall–Kier alpha value is -1.26. The van der Waals surface area contributed by atoms with Crippen molar-refractivity contribution in [1.82, 2.24) is 4.90 Å². The van der Waals surface area contributed by atoms with Crippen LogP contribution in [0.1, 0.15) is 16.8 Å². The van der Waals surface area contributed by atoms with Crippen molar-refractivity contribution < 1.29 is 13.9 Å². The second-order valence-electron chi connectivity index (χ2n) is 4.78. The predicted molar refractivity (Wildman–Crippen MR) is 67.2 cm³/mol. The molecule has 18 heavy (non-hydrogen) atoms. The van der Waals surface area contributed by atoms with Gasteiger partial charge in [-0.1, -0.05) is 0 Å². The van der Waals surface area contributed by atoms with Gasteiger partial charge < -0.3 is 4.74 Å². The zero-order valence-corrected chi connectivity index (χ0v) is 10.6. The lowest BCUT2D eigenvalue weighted by molar-refractivity contribution is 0.0937. The smallest absolute Gasteiger partial charge is 0.176 e. The van der Waals surface area contributed by atoms with Gasteiger partial charge in [-0.2, -0.15) is 0 Å². The van der Waals surface area contributed by atoms with Gasteiger partial charge in [0.2, 0.25) is 0 Å². The van der Waals surface area contributed by atoms with Crippen LogP contribution in [0, 0.1) is 11.7 Å². The fourth-order valence-electron chi connectivity index (χ4n) is 2.36. The zero-order valence-electron chi connectivity index (χ0n) is 10.6. The fourth-order valence-corrected chi connectivity index (χ4v) is 2.36. The number of carbonyl (C=O) groups is 1. The number of hydrogen-bond donors (Lipinski definition) is 0. The number of likely N-dealkylation sites (tertiary alicyclic amines) is 1. The van der Waals surface area contributed by atoms with E-state index in [-0.39, 0.29) is 11.6 Å². The quantitative estimate of drug-likeness (QED) is 0.749. The third-order valence-corrected chi connectivity index (χ3v) is 3.31. The van der Waals surface area contributed by atoms with Gasteiger partial charge in [-0.05, 0) is 43.1 Å². The zero-order chi connectivity index (χ0) is 13.0. The molecule has 1 unspecified atom stereocenters. The molecule has 0 saturated carbocycles. The Kier molecular flexibility index (Phi) is 4.44. The maximum Gasteiger partial charge on any atom is 0.176 e. The Morgan fingerprint density at radius 1 is 1.44 bits per heavy atom. The first-order valence-electron chi connectivity index (χ1n) is 6.19. The molecule has 0 bridgehead atoms. The van der Waals surface area contributed by atoms with E-state index in [0.29, 0.717) is 18.0 Å². The molecule has 1 fully saturated rings. The topological polar surface area (TPSA) is 29.5 Å². The molecule has 1 aliphatic heterocycles. The average molecular weight is 251 g/mol. The minimum atomic E-state index is -0.312. The second-order valence-corrected chi connectivity index (χ2v) is 4.78. The molecule has 0 radical (unpaired) electrons. The summed E-state index contributed by atoms with van der Waals surface area (Å²) < 4.78 is 17.9. The summed E-state index contributed by atoms with van der Waals surface area (Å²) in [4.78, 5) is 14.1.